The molecule has 0 saturated carbocycles. The second kappa shape index (κ2) is 6.53. The number of aromatic amines is 1. The molecular formula is C19H20N4O4. The average molecular weight is 368 g/mol. The molecule has 0 aliphatic carbocycles. The fraction of sp³-hybridized carbons (Fsp3) is 0.368. The molecule has 1 atom stereocenters. The summed E-state index contributed by atoms with van der Waals surface area (Å²) in [7, 11) is 0. The largest absolute Gasteiger partial charge is 0.507 e. The third-order valence-corrected chi connectivity index (χ3v) is 4.87. The smallest absolute Gasteiger partial charge is 0.347 e. The molecule has 1 fully saturated rings. The van der Waals surface area contributed by atoms with Crippen molar-refractivity contribution in [2.45, 2.75) is 26.7 Å². The van der Waals surface area contributed by atoms with Gasteiger partial charge in [-0.3, -0.25) is 9.78 Å². The Hall–Kier alpha value is -3.16. The Morgan fingerprint density at radius 2 is 2.19 bits per heavy atom. The molecule has 27 heavy (non-hydrogen) atoms. The summed E-state index contributed by atoms with van der Waals surface area (Å²) < 4.78 is 5.09. The minimum absolute atomic E-state index is 0.0698. The van der Waals surface area contributed by atoms with E-state index in [-0.39, 0.29) is 33.7 Å². The molecule has 0 amide bonds. The van der Waals surface area contributed by atoms with Crippen LogP contribution in [-0.4, -0.2) is 33.1 Å². The maximum atomic E-state index is 12.8. The minimum atomic E-state index is -0.715. The highest BCUT2D eigenvalue weighted by atomic mass is 16.4. The van der Waals surface area contributed by atoms with E-state index in [9.17, 15) is 14.7 Å². The van der Waals surface area contributed by atoms with Gasteiger partial charge in [0, 0.05) is 30.9 Å². The molecule has 8 heteroatoms. The van der Waals surface area contributed by atoms with Crippen LogP contribution in [0.3, 0.4) is 0 Å². The third-order valence-electron chi connectivity index (χ3n) is 4.87. The van der Waals surface area contributed by atoms with E-state index in [2.05, 4.69) is 21.9 Å². The normalized spacial score (nSPS) is 17.4. The van der Waals surface area contributed by atoms with Crippen molar-refractivity contribution in [2.75, 3.05) is 18.0 Å². The number of piperidine rings is 1. The van der Waals surface area contributed by atoms with Crippen LogP contribution in [0, 0.1) is 12.8 Å². The Balaban J connectivity index is 1.91. The number of pyridine rings is 1. The number of nitrogens with one attached hydrogen (secondary N) is 1. The number of hydrogen-bond donors (Lipinski definition) is 2. The van der Waals surface area contributed by atoms with Crippen molar-refractivity contribution < 1.29 is 9.52 Å². The lowest BCUT2D eigenvalue weighted by atomic mass is 10.0. The molecule has 1 unspecified atom stereocenters. The first-order valence-corrected chi connectivity index (χ1v) is 8.92. The Morgan fingerprint density at radius 3 is 2.93 bits per heavy atom. The quantitative estimate of drug-likeness (QED) is 0.713. The number of hydrogen-bond acceptors (Lipinski definition) is 7. The Morgan fingerprint density at radius 1 is 1.37 bits per heavy atom. The number of aromatic nitrogens is 3. The van der Waals surface area contributed by atoms with Gasteiger partial charge in [0.05, 0.1) is 5.39 Å². The molecule has 0 radical (unpaired) electrons. The van der Waals surface area contributed by atoms with Crippen LogP contribution in [0.5, 0.6) is 5.75 Å². The summed E-state index contributed by atoms with van der Waals surface area (Å²) in [5.41, 5.74) is -0.717. The molecule has 8 nitrogen and oxygen atoms in total. The van der Waals surface area contributed by atoms with Gasteiger partial charge in [-0.15, -0.1) is 0 Å². The predicted molar refractivity (Wildman–Crippen MR) is 101 cm³/mol. The number of rotatable bonds is 2. The first-order chi connectivity index (χ1) is 12.9. The molecule has 2 N–H and O–H groups in total. The summed E-state index contributed by atoms with van der Waals surface area (Å²) in [4.78, 5) is 38.7. The van der Waals surface area contributed by atoms with Crippen molar-refractivity contribution in [3.63, 3.8) is 0 Å². The Kier molecular flexibility index (Phi) is 4.18. The van der Waals surface area contributed by atoms with Crippen molar-refractivity contribution in [2.24, 2.45) is 5.92 Å². The lowest BCUT2D eigenvalue weighted by molar-refractivity contribution is 0.438. The van der Waals surface area contributed by atoms with Crippen LogP contribution < -0.4 is 16.1 Å². The Labute approximate surface area is 154 Å². The van der Waals surface area contributed by atoms with E-state index in [1.807, 2.05) is 4.90 Å². The molecular weight excluding hydrogens is 348 g/mol. The summed E-state index contributed by atoms with van der Waals surface area (Å²) in [6.07, 6.45) is 3.65. The molecule has 3 aromatic rings. The average Bonchev–Trinajstić information content (AvgIpc) is 2.60. The van der Waals surface area contributed by atoms with Gasteiger partial charge in [0.2, 0.25) is 5.95 Å². The van der Waals surface area contributed by atoms with E-state index < -0.39 is 11.2 Å². The van der Waals surface area contributed by atoms with E-state index in [0.717, 1.165) is 25.9 Å². The van der Waals surface area contributed by atoms with E-state index in [1.165, 1.54) is 18.3 Å². The van der Waals surface area contributed by atoms with Crippen molar-refractivity contribution in [1.29, 1.82) is 0 Å². The van der Waals surface area contributed by atoms with Gasteiger partial charge in [-0.1, -0.05) is 6.92 Å². The second-order valence-electron chi connectivity index (χ2n) is 7.04. The zero-order chi connectivity index (χ0) is 19.1. The lowest BCUT2D eigenvalue weighted by Crippen LogP contribution is -2.36. The van der Waals surface area contributed by atoms with Gasteiger partial charge >= 0.3 is 5.63 Å². The van der Waals surface area contributed by atoms with Crippen LogP contribution in [0.25, 0.3) is 22.2 Å². The van der Waals surface area contributed by atoms with Crippen LogP contribution in [0.15, 0.2) is 32.3 Å². The monoisotopic (exact) mass is 368 g/mol. The number of H-pyrrole nitrogens is 1. The summed E-state index contributed by atoms with van der Waals surface area (Å²) >= 11 is 0. The van der Waals surface area contributed by atoms with Gasteiger partial charge < -0.3 is 14.4 Å². The highest BCUT2D eigenvalue weighted by Gasteiger charge is 2.22. The number of nitrogens with zero attached hydrogens (tertiary/aromatic N) is 3. The van der Waals surface area contributed by atoms with Crippen molar-refractivity contribution in [3.8, 4) is 16.9 Å². The predicted octanol–water partition coefficient (Wildman–Crippen LogP) is 2.19. The third kappa shape index (κ3) is 3.07. The summed E-state index contributed by atoms with van der Waals surface area (Å²) in [6, 6.07) is 2.84. The Bertz CT molecular complexity index is 1130. The molecule has 0 spiro atoms. The molecule has 140 valence electrons. The summed E-state index contributed by atoms with van der Waals surface area (Å²) in [5.74, 6) is 1.04. The van der Waals surface area contributed by atoms with Crippen LogP contribution in [0.1, 0.15) is 25.5 Å². The highest BCUT2D eigenvalue weighted by molar-refractivity contribution is 5.93. The van der Waals surface area contributed by atoms with Crippen molar-refractivity contribution >= 4 is 17.0 Å². The highest BCUT2D eigenvalue weighted by Crippen LogP contribution is 2.30. The van der Waals surface area contributed by atoms with E-state index >= 15 is 0 Å². The first kappa shape index (κ1) is 17.3. The standard InChI is InChI=1S/C19H20N4O4/c1-10-4-3-7-23(9-10)19-21-16-15(17(25)22-19)12(5-6-20-16)14-13(24)8-11(2)27-18(14)26/h5-6,8,10,24H,3-4,7,9H2,1-2H3,(H,20,21,22,25). The molecule has 1 aliphatic rings. The fourth-order valence-corrected chi connectivity index (χ4v) is 3.64. The maximum Gasteiger partial charge on any atom is 0.347 e. The SMILES string of the molecule is Cc1cc(O)c(-c2ccnc3nc(N4CCCC(C)C4)[nH]c(=O)c23)c(=O)o1. The molecule has 4 rings (SSSR count). The molecule has 1 aliphatic heterocycles. The van der Waals surface area contributed by atoms with Crippen LogP contribution >= 0.6 is 0 Å². The van der Waals surface area contributed by atoms with Gasteiger partial charge in [0.1, 0.15) is 17.1 Å². The van der Waals surface area contributed by atoms with Gasteiger partial charge in [0.15, 0.2) is 5.65 Å². The second-order valence-corrected chi connectivity index (χ2v) is 7.04. The van der Waals surface area contributed by atoms with Gasteiger partial charge in [0.25, 0.3) is 5.56 Å². The number of fused-ring (bicyclic) bond motifs is 1. The molecule has 0 aromatic carbocycles. The van der Waals surface area contributed by atoms with E-state index in [4.69, 9.17) is 4.42 Å². The molecule has 0 bridgehead atoms. The van der Waals surface area contributed by atoms with Crippen LogP contribution in [0.4, 0.5) is 5.95 Å². The molecule has 4 heterocycles. The van der Waals surface area contributed by atoms with E-state index in [0.29, 0.717) is 11.9 Å². The zero-order valence-corrected chi connectivity index (χ0v) is 15.2. The first-order valence-electron chi connectivity index (χ1n) is 8.92. The van der Waals surface area contributed by atoms with Gasteiger partial charge in [-0.05, 0) is 31.7 Å². The van der Waals surface area contributed by atoms with Gasteiger partial charge in [-0.25, -0.2) is 9.78 Å². The molecule has 3 aromatic heterocycles. The van der Waals surface area contributed by atoms with Crippen molar-refractivity contribution in [1.82, 2.24) is 15.0 Å². The minimum Gasteiger partial charge on any atom is -0.507 e. The topological polar surface area (TPSA) is 112 Å². The van der Waals surface area contributed by atoms with Gasteiger partial charge in [-0.2, -0.15) is 4.98 Å². The van der Waals surface area contributed by atoms with Crippen molar-refractivity contribution in [3.05, 3.63) is 44.9 Å². The number of aromatic hydroxyl groups is 1. The number of anilines is 1. The summed E-state index contributed by atoms with van der Waals surface area (Å²) in [6.45, 7) is 5.37. The van der Waals surface area contributed by atoms with Crippen LogP contribution in [-0.2, 0) is 0 Å². The maximum absolute atomic E-state index is 12.8. The van der Waals surface area contributed by atoms with E-state index in [1.54, 1.807) is 6.92 Å². The number of aryl methyl sites for hydroxylation is 1. The zero-order valence-electron chi connectivity index (χ0n) is 15.2. The molecule has 1 saturated heterocycles. The summed E-state index contributed by atoms with van der Waals surface area (Å²) in [5, 5.41) is 10.4. The lowest BCUT2D eigenvalue weighted by Gasteiger charge is -2.31. The fourth-order valence-electron chi connectivity index (χ4n) is 3.64. The van der Waals surface area contributed by atoms with Crippen LogP contribution in [0.2, 0.25) is 0 Å².